The first-order valence-electron chi connectivity index (χ1n) is 6.98. The van der Waals surface area contributed by atoms with Crippen LogP contribution in [0.15, 0.2) is 35.7 Å². The van der Waals surface area contributed by atoms with Gasteiger partial charge in [0.2, 0.25) is 0 Å². The minimum atomic E-state index is -0.116. The Morgan fingerprint density at radius 2 is 1.90 bits per heavy atom. The summed E-state index contributed by atoms with van der Waals surface area (Å²) in [5.41, 5.74) is 2.13. The van der Waals surface area contributed by atoms with Crippen LogP contribution in [0, 0.1) is 12.7 Å². The second-order valence-corrected chi connectivity index (χ2v) is 6.40. The van der Waals surface area contributed by atoms with E-state index in [4.69, 9.17) is 0 Å². The summed E-state index contributed by atoms with van der Waals surface area (Å²) in [6.07, 6.45) is 0. The predicted molar refractivity (Wildman–Crippen MR) is 82.9 cm³/mol. The lowest BCUT2D eigenvalue weighted by atomic mass is 10.2. The van der Waals surface area contributed by atoms with Gasteiger partial charge in [-0.1, -0.05) is 12.1 Å². The molecule has 4 heteroatoms. The molecule has 0 radical (unpaired) electrons. The summed E-state index contributed by atoms with van der Waals surface area (Å²) in [7, 11) is 0. The second-order valence-electron chi connectivity index (χ2n) is 5.28. The highest BCUT2D eigenvalue weighted by Gasteiger charge is 2.19. The van der Waals surface area contributed by atoms with E-state index in [1.165, 1.54) is 16.5 Å². The molecule has 0 amide bonds. The summed E-state index contributed by atoms with van der Waals surface area (Å²) < 4.78 is 13.8. The largest absolute Gasteiger partial charge is 0.367 e. The van der Waals surface area contributed by atoms with Gasteiger partial charge in [0.1, 0.15) is 5.82 Å². The maximum atomic E-state index is 13.8. The highest BCUT2D eigenvalue weighted by molar-refractivity contribution is 7.10. The van der Waals surface area contributed by atoms with Crippen molar-refractivity contribution < 1.29 is 4.39 Å². The smallest absolute Gasteiger partial charge is 0.146 e. The first kappa shape index (κ1) is 13.6. The normalized spacial score (nSPS) is 16.6. The minimum absolute atomic E-state index is 0.116. The number of thiophene rings is 1. The first-order valence-corrected chi connectivity index (χ1v) is 7.86. The molecule has 0 atom stereocenters. The Morgan fingerprint density at radius 3 is 2.55 bits per heavy atom. The maximum Gasteiger partial charge on any atom is 0.146 e. The van der Waals surface area contributed by atoms with Crippen LogP contribution in [0.2, 0.25) is 0 Å². The third-order valence-electron chi connectivity index (χ3n) is 3.76. The number of anilines is 1. The Bertz CT molecular complexity index is 573. The van der Waals surface area contributed by atoms with Crippen LogP contribution < -0.4 is 4.90 Å². The molecule has 2 aromatic rings. The van der Waals surface area contributed by atoms with Crippen molar-refractivity contribution >= 4 is 17.0 Å². The van der Waals surface area contributed by atoms with E-state index in [0.29, 0.717) is 0 Å². The lowest BCUT2D eigenvalue weighted by molar-refractivity contribution is 0.249. The fraction of sp³-hybridized carbons (Fsp3) is 0.375. The Hall–Kier alpha value is -1.39. The van der Waals surface area contributed by atoms with Gasteiger partial charge < -0.3 is 4.90 Å². The van der Waals surface area contributed by atoms with E-state index < -0.39 is 0 Å². The zero-order valence-corrected chi connectivity index (χ0v) is 12.5. The number of halogens is 1. The average molecular weight is 290 g/mol. The number of nitrogens with zero attached hydrogens (tertiary/aromatic N) is 2. The average Bonchev–Trinajstić information content (AvgIpc) is 2.86. The van der Waals surface area contributed by atoms with Gasteiger partial charge in [0.05, 0.1) is 5.69 Å². The SMILES string of the molecule is Cc1cc(CN2CCN(c3ccccc3F)CC2)cs1. The molecule has 0 bridgehead atoms. The van der Waals surface area contributed by atoms with Crippen molar-refractivity contribution in [2.75, 3.05) is 31.1 Å². The predicted octanol–water partition coefficient (Wildman–Crippen LogP) is 3.52. The van der Waals surface area contributed by atoms with Gasteiger partial charge in [0, 0.05) is 37.6 Å². The van der Waals surface area contributed by atoms with Gasteiger partial charge in [-0.15, -0.1) is 11.3 Å². The van der Waals surface area contributed by atoms with Crippen LogP contribution in [0.1, 0.15) is 10.4 Å². The zero-order chi connectivity index (χ0) is 13.9. The second kappa shape index (κ2) is 5.94. The summed E-state index contributed by atoms with van der Waals surface area (Å²) in [5.74, 6) is -0.116. The van der Waals surface area contributed by atoms with Crippen LogP contribution in [0.25, 0.3) is 0 Å². The molecule has 0 aliphatic carbocycles. The van der Waals surface area contributed by atoms with E-state index in [1.54, 1.807) is 17.4 Å². The highest BCUT2D eigenvalue weighted by Crippen LogP contribution is 2.21. The van der Waals surface area contributed by atoms with Crippen LogP contribution in [-0.2, 0) is 6.54 Å². The molecule has 1 saturated heterocycles. The molecule has 3 rings (SSSR count). The molecule has 20 heavy (non-hydrogen) atoms. The molecular formula is C16H19FN2S. The summed E-state index contributed by atoms with van der Waals surface area (Å²) in [5, 5.41) is 2.23. The maximum absolute atomic E-state index is 13.8. The van der Waals surface area contributed by atoms with Crippen molar-refractivity contribution in [2.45, 2.75) is 13.5 Å². The fourth-order valence-corrected chi connectivity index (χ4v) is 3.39. The molecule has 2 nitrogen and oxygen atoms in total. The van der Waals surface area contributed by atoms with Crippen molar-refractivity contribution in [3.05, 3.63) is 52.0 Å². The van der Waals surface area contributed by atoms with Crippen molar-refractivity contribution in [2.24, 2.45) is 0 Å². The Morgan fingerprint density at radius 1 is 1.15 bits per heavy atom. The number of hydrogen-bond acceptors (Lipinski definition) is 3. The fourth-order valence-electron chi connectivity index (χ4n) is 2.69. The number of benzene rings is 1. The lowest BCUT2D eigenvalue weighted by Gasteiger charge is -2.36. The molecule has 0 unspecified atom stereocenters. The van der Waals surface area contributed by atoms with Gasteiger partial charge in [-0.05, 0) is 36.1 Å². The van der Waals surface area contributed by atoms with E-state index in [2.05, 4.69) is 28.2 Å². The standard InChI is InChI=1S/C16H19FN2S/c1-13-10-14(12-20-13)11-18-6-8-19(9-7-18)16-5-3-2-4-15(16)17/h2-5,10,12H,6-9,11H2,1H3. The molecule has 1 aromatic carbocycles. The van der Waals surface area contributed by atoms with Crippen LogP contribution in [0.3, 0.4) is 0 Å². The summed E-state index contributed by atoms with van der Waals surface area (Å²) in [6, 6.07) is 9.31. The van der Waals surface area contributed by atoms with Crippen molar-refractivity contribution in [3.63, 3.8) is 0 Å². The molecule has 1 aromatic heterocycles. The Kier molecular flexibility index (Phi) is 4.03. The van der Waals surface area contributed by atoms with Crippen LogP contribution >= 0.6 is 11.3 Å². The molecular weight excluding hydrogens is 271 g/mol. The number of piperazine rings is 1. The molecule has 1 aliphatic rings. The quantitative estimate of drug-likeness (QED) is 0.853. The molecule has 106 valence electrons. The van der Waals surface area contributed by atoms with Crippen LogP contribution in [0.4, 0.5) is 10.1 Å². The van der Waals surface area contributed by atoms with Crippen LogP contribution in [0.5, 0.6) is 0 Å². The molecule has 1 aliphatic heterocycles. The summed E-state index contributed by atoms with van der Waals surface area (Å²) >= 11 is 1.81. The molecule has 1 fully saturated rings. The lowest BCUT2D eigenvalue weighted by Crippen LogP contribution is -2.46. The topological polar surface area (TPSA) is 6.48 Å². The molecule has 0 spiro atoms. The van der Waals surface area contributed by atoms with Gasteiger partial charge in [0.15, 0.2) is 0 Å². The van der Waals surface area contributed by atoms with E-state index >= 15 is 0 Å². The minimum Gasteiger partial charge on any atom is -0.367 e. The Labute approximate surface area is 123 Å². The molecule has 0 N–H and O–H groups in total. The van der Waals surface area contributed by atoms with Crippen molar-refractivity contribution in [1.82, 2.24) is 4.90 Å². The number of para-hydroxylation sites is 1. The van der Waals surface area contributed by atoms with E-state index in [1.807, 2.05) is 12.1 Å². The van der Waals surface area contributed by atoms with Gasteiger partial charge in [0.25, 0.3) is 0 Å². The third-order valence-corrected chi connectivity index (χ3v) is 4.67. The Balaban J connectivity index is 1.58. The van der Waals surface area contributed by atoms with Crippen molar-refractivity contribution in [1.29, 1.82) is 0 Å². The third kappa shape index (κ3) is 3.02. The summed E-state index contributed by atoms with van der Waals surface area (Å²) in [4.78, 5) is 5.95. The zero-order valence-electron chi connectivity index (χ0n) is 11.7. The van der Waals surface area contributed by atoms with E-state index in [0.717, 1.165) is 38.4 Å². The van der Waals surface area contributed by atoms with Gasteiger partial charge >= 0.3 is 0 Å². The van der Waals surface area contributed by atoms with E-state index in [9.17, 15) is 4.39 Å². The van der Waals surface area contributed by atoms with Gasteiger partial charge in [-0.2, -0.15) is 0 Å². The van der Waals surface area contributed by atoms with E-state index in [-0.39, 0.29) is 5.82 Å². The highest BCUT2D eigenvalue weighted by atomic mass is 32.1. The first-order chi connectivity index (χ1) is 9.72. The van der Waals surface area contributed by atoms with Gasteiger partial charge in [-0.3, -0.25) is 4.90 Å². The summed E-state index contributed by atoms with van der Waals surface area (Å²) in [6.45, 7) is 6.92. The number of aryl methyl sites for hydroxylation is 1. The molecule has 2 heterocycles. The number of rotatable bonds is 3. The molecule has 0 saturated carbocycles. The number of hydrogen-bond donors (Lipinski definition) is 0. The monoisotopic (exact) mass is 290 g/mol. The van der Waals surface area contributed by atoms with Gasteiger partial charge in [-0.25, -0.2) is 4.39 Å². The van der Waals surface area contributed by atoms with Crippen molar-refractivity contribution in [3.8, 4) is 0 Å². The van der Waals surface area contributed by atoms with Crippen LogP contribution in [-0.4, -0.2) is 31.1 Å².